The molecule has 0 amide bonds. The van der Waals surface area contributed by atoms with Gasteiger partial charge in [0.2, 0.25) is 0 Å². The van der Waals surface area contributed by atoms with Gasteiger partial charge in [-0.25, -0.2) is 9.18 Å². The van der Waals surface area contributed by atoms with Gasteiger partial charge in [-0.2, -0.15) is 13.2 Å². The van der Waals surface area contributed by atoms with E-state index < -0.39 is 29.2 Å². The third kappa shape index (κ3) is 1.86. The van der Waals surface area contributed by atoms with Crippen molar-refractivity contribution in [2.45, 2.75) is 11.7 Å². The number of nitrogens with one attached hydrogen (secondary N) is 2. The van der Waals surface area contributed by atoms with Crippen LogP contribution in [0.2, 0.25) is 0 Å². The quantitative estimate of drug-likeness (QED) is 0.484. The highest BCUT2D eigenvalue weighted by Gasteiger charge is 2.65. The minimum Gasteiger partial charge on any atom is -0.422 e. The highest BCUT2D eigenvalue weighted by Crippen LogP contribution is 2.47. The first-order valence-corrected chi connectivity index (χ1v) is 5.85. The zero-order valence-corrected chi connectivity index (χ0v) is 10.3. The summed E-state index contributed by atoms with van der Waals surface area (Å²) in [5.41, 5.74) is -3.78. The van der Waals surface area contributed by atoms with E-state index in [1.807, 2.05) is 0 Å². The standard InChI is InChI=1S/C13H8F4N2O2/c14-7-3-4-9-8(6-7)19-12(11(20)21-9,13(15,16)17)10-2-1-5-18-10/h1-6,18-19H/t12-/m1/s1. The number of fused-ring (bicyclic) bond motifs is 1. The third-order valence-corrected chi connectivity index (χ3v) is 3.20. The zero-order chi connectivity index (χ0) is 15.3. The van der Waals surface area contributed by atoms with Gasteiger partial charge in [-0.3, -0.25) is 0 Å². The second kappa shape index (κ2) is 4.24. The fourth-order valence-electron chi connectivity index (χ4n) is 2.20. The first kappa shape index (κ1) is 13.5. The fourth-order valence-corrected chi connectivity index (χ4v) is 2.20. The zero-order valence-electron chi connectivity index (χ0n) is 10.3. The molecular weight excluding hydrogens is 292 g/mol. The van der Waals surface area contributed by atoms with Crippen LogP contribution in [0.15, 0.2) is 36.5 Å². The molecule has 21 heavy (non-hydrogen) atoms. The Hall–Kier alpha value is -2.51. The normalized spacial score (nSPS) is 21.4. The maximum atomic E-state index is 13.5. The molecule has 1 aliphatic rings. The minimum absolute atomic E-state index is 0.159. The van der Waals surface area contributed by atoms with E-state index >= 15 is 0 Å². The molecule has 2 aromatic rings. The van der Waals surface area contributed by atoms with Crippen molar-refractivity contribution in [2.75, 3.05) is 5.32 Å². The number of benzene rings is 1. The molecule has 0 saturated carbocycles. The van der Waals surface area contributed by atoms with Crippen LogP contribution in [-0.4, -0.2) is 17.1 Å². The van der Waals surface area contributed by atoms with Gasteiger partial charge < -0.3 is 15.0 Å². The summed E-state index contributed by atoms with van der Waals surface area (Å²) in [6, 6.07) is 5.34. The van der Waals surface area contributed by atoms with Crippen LogP contribution in [-0.2, 0) is 10.3 Å². The summed E-state index contributed by atoms with van der Waals surface area (Å²) in [6.07, 6.45) is -3.74. The molecule has 0 aliphatic carbocycles. The van der Waals surface area contributed by atoms with Crippen molar-refractivity contribution >= 4 is 11.7 Å². The van der Waals surface area contributed by atoms with E-state index in [1.165, 1.54) is 12.3 Å². The van der Waals surface area contributed by atoms with Crippen LogP contribution in [0.3, 0.4) is 0 Å². The Morgan fingerprint density at radius 2 is 1.95 bits per heavy atom. The van der Waals surface area contributed by atoms with E-state index in [4.69, 9.17) is 4.74 Å². The van der Waals surface area contributed by atoms with Crippen molar-refractivity contribution in [2.24, 2.45) is 0 Å². The Morgan fingerprint density at radius 1 is 1.19 bits per heavy atom. The van der Waals surface area contributed by atoms with Crippen molar-refractivity contribution < 1.29 is 27.1 Å². The second-order valence-electron chi connectivity index (χ2n) is 4.49. The molecule has 3 rings (SSSR count). The number of hydrogen-bond donors (Lipinski definition) is 2. The SMILES string of the molecule is O=C1Oc2ccc(F)cc2N[C@@]1(c1ccc[nH]1)C(F)(F)F. The fraction of sp³-hybridized carbons (Fsp3) is 0.154. The monoisotopic (exact) mass is 300 g/mol. The number of anilines is 1. The van der Waals surface area contributed by atoms with Crippen LogP contribution in [0.25, 0.3) is 0 Å². The van der Waals surface area contributed by atoms with Crippen molar-refractivity contribution in [3.8, 4) is 5.75 Å². The number of halogens is 4. The lowest BCUT2D eigenvalue weighted by molar-refractivity contribution is -0.199. The molecule has 110 valence electrons. The number of H-pyrrole nitrogens is 1. The molecule has 1 aromatic carbocycles. The van der Waals surface area contributed by atoms with Gasteiger partial charge in [-0.15, -0.1) is 0 Å². The molecule has 1 aromatic heterocycles. The maximum absolute atomic E-state index is 13.5. The topological polar surface area (TPSA) is 54.1 Å². The number of esters is 1. The Labute approximate surface area is 115 Å². The number of rotatable bonds is 1. The summed E-state index contributed by atoms with van der Waals surface area (Å²) in [5, 5.41) is 2.07. The molecule has 4 nitrogen and oxygen atoms in total. The van der Waals surface area contributed by atoms with Gasteiger partial charge in [0.15, 0.2) is 5.75 Å². The second-order valence-corrected chi connectivity index (χ2v) is 4.49. The summed E-state index contributed by atoms with van der Waals surface area (Å²) in [5.74, 6) is -2.44. The summed E-state index contributed by atoms with van der Waals surface area (Å²) < 4.78 is 58.5. The number of carbonyl (C=O) groups is 1. The maximum Gasteiger partial charge on any atom is 0.428 e. The summed E-state index contributed by atoms with van der Waals surface area (Å²) in [4.78, 5) is 14.3. The molecule has 1 aliphatic heterocycles. The van der Waals surface area contributed by atoms with E-state index in [0.717, 1.165) is 24.3 Å². The number of hydrogen-bond acceptors (Lipinski definition) is 3. The molecule has 1 atom stereocenters. The lowest BCUT2D eigenvalue weighted by Gasteiger charge is -2.37. The average molecular weight is 300 g/mol. The van der Waals surface area contributed by atoms with Gasteiger partial charge >= 0.3 is 12.1 Å². The molecule has 0 bridgehead atoms. The Bertz CT molecular complexity index is 697. The predicted octanol–water partition coefficient (Wildman–Crippen LogP) is 2.94. The van der Waals surface area contributed by atoms with Gasteiger partial charge in [0, 0.05) is 12.3 Å². The number of alkyl halides is 3. The van der Waals surface area contributed by atoms with Crippen LogP contribution >= 0.6 is 0 Å². The largest absolute Gasteiger partial charge is 0.428 e. The van der Waals surface area contributed by atoms with E-state index in [9.17, 15) is 22.4 Å². The number of aromatic nitrogens is 1. The summed E-state index contributed by atoms with van der Waals surface area (Å²) >= 11 is 0. The number of ether oxygens (including phenoxy) is 1. The molecule has 0 fully saturated rings. The van der Waals surface area contributed by atoms with Gasteiger partial charge in [-0.1, -0.05) is 0 Å². The van der Waals surface area contributed by atoms with Crippen LogP contribution in [0.4, 0.5) is 23.2 Å². The van der Waals surface area contributed by atoms with E-state index in [1.54, 1.807) is 0 Å². The average Bonchev–Trinajstić information content (AvgIpc) is 2.91. The van der Waals surface area contributed by atoms with Crippen molar-refractivity contribution in [1.29, 1.82) is 0 Å². The highest BCUT2D eigenvalue weighted by molar-refractivity contribution is 5.92. The van der Waals surface area contributed by atoms with Crippen LogP contribution in [0.5, 0.6) is 5.75 Å². The molecule has 2 heterocycles. The van der Waals surface area contributed by atoms with E-state index in [0.29, 0.717) is 0 Å². The Kier molecular flexibility index (Phi) is 2.72. The van der Waals surface area contributed by atoms with Crippen molar-refractivity contribution in [3.63, 3.8) is 0 Å². The molecule has 0 saturated heterocycles. The van der Waals surface area contributed by atoms with E-state index in [-0.39, 0.29) is 11.4 Å². The molecule has 2 N–H and O–H groups in total. The number of aromatic amines is 1. The van der Waals surface area contributed by atoms with Gasteiger partial charge in [0.1, 0.15) is 5.82 Å². The first-order chi connectivity index (χ1) is 9.84. The van der Waals surface area contributed by atoms with Gasteiger partial charge in [0.25, 0.3) is 5.54 Å². The number of carbonyl (C=O) groups excluding carboxylic acids is 1. The minimum atomic E-state index is -4.99. The van der Waals surface area contributed by atoms with Crippen molar-refractivity contribution in [3.05, 3.63) is 48.0 Å². The highest BCUT2D eigenvalue weighted by atomic mass is 19.4. The molecular formula is C13H8F4N2O2. The molecule has 0 unspecified atom stereocenters. The first-order valence-electron chi connectivity index (χ1n) is 5.85. The van der Waals surface area contributed by atoms with Gasteiger partial charge in [-0.05, 0) is 24.3 Å². The van der Waals surface area contributed by atoms with Crippen LogP contribution in [0.1, 0.15) is 5.69 Å². The van der Waals surface area contributed by atoms with Crippen molar-refractivity contribution in [1.82, 2.24) is 4.98 Å². The van der Waals surface area contributed by atoms with Gasteiger partial charge in [0.05, 0.1) is 11.4 Å². The Balaban J connectivity index is 2.20. The molecule has 0 radical (unpaired) electrons. The van der Waals surface area contributed by atoms with Crippen LogP contribution < -0.4 is 10.1 Å². The molecule has 0 spiro atoms. The summed E-state index contributed by atoms with van der Waals surface area (Å²) in [6.45, 7) is 0. The third-order valence-electron chi connectivity index (χ3n) is 3.20. The smallest absolute Gasteiger partial charge is 0.422 e. The lowest BCUT2D eigenvalue weighted by atomic mass is 9.92. The lowest BCUT2D eigenvalue weighted by Crippen LogP contribution is -2.59. The Morgan fingerprint density at radius 3 is 2.57 bits per heavy atom. The molecule has 8 heteroatoms. The van der Waals surface area contributed by atoms with Crippen LogP contribution in [0, 0.1) is 5.82 Å². The predicted molar refractivity (Wildman–Crippen MR) is 64.2 cm³/mol. The van der Waals surface area contributed by atoms with E-state index in [2.05, 4.69) is 10.3 Å². The summed E-state index contributed by atoms with van der Waals surface area (Å²) in [7, 11) is 0.